The standard InChI is InChI=1S/C16H18ClN3OS/c1-12(15(21)19-8-2-3-9-19)22-16-18-7-10-20(16)14-6-4-5-13(17)11-14/h4-7,10-12H,2-3,8-9H2,1H3. The second kappa shape index (κ2) is 6.75. The van der Waals surface area contributed by atoms with Crippen molar-refractivity contribution in [2.75, 3.05) is 13.1 Å². The van der Waals surface area contributed by atoms with Crippen molar-refractivity contribution in [2.24, 2.45) is 0 Å². The highest BCUT2D eigenvalue weighted by Crippen LogP contribution is 2.27. The Morgan fingerprint density at radius 3 is 2.86 bits per heavy atom. The lowest BCUT2D eigenvalue weighted by atomic mass is 10.3. The minimum absolute atomic E-state index is 0.140. The van der Waals surface area contributed by atoms with Gasteiger partial charge in [-0.05, 0) is 38.0 Å². The summed E-state index contributed by atoms with van der Waals surface area (Å²) in [6.07, 6.45) is 5.86. The number of thioether (sulfide) groups is 1. The van der Waals surface area contributed by atoms with Crippen LogP contribution in [0.3, 0.4) is 0 Å². The molecule has 1 aromatic carbocycles. The molecule has 0 aliphatic carbocycles. The highest BCUT2D eigenvalue weighted by Gasteiger charge is 2.25. The molecule has 6 heteroatoms. The van der Waals surface area contributed by atoms with Gasteiger partial charge in [0.1, 0.15) is 0 Å². The summed E-state index contributed by atoms with van der Waals surface area (Å²) < 4.78 is 1.96. The first-order valence-corrected chi connectivity index (χ1v) is 8.65. The predicted octanol–water partition coefficient (Wildman–Crippen LogP) is 3.63. The molecule has 0 bridgehead atoms. The van der Waals surface area contributed by atoms with Gasteiger partial charge in [-0.2, -0.15) is 0 Å². The Morgan fingerprint density at radius 1 is 1.36 bits per heavy atom. The van der Waals surface area contributed by atoms with Gasteiger partial charge in [-0.15, -0.1) is 0 Å². The van der Waals surface area contributed by atoms with Crippen LogP contribution in [-0.4, -0.2) is 38.7 Å². The molecular weight excluding hydrogens is 318 g/mol. The molecule has 1 saturated heterocycles. The number of carbonyl (C=O) groups excluding carboxylic acids is 1. The zero-order chi connectivity index (χ0) is 15.5. The van der Waals surface area contributed by atoms with Gasteiger partial charge in [0.15, 0.2) is 5.16 Å². The van der Waals surface area contributed by atoms with E-state index in [1.165, 1.54) is 11.8 Å². The van der Waals surface area contributed by atoms with Crippen LogP contribution in [0.15, 0.2) is 41.8 Å². The molecule has 1 fully saturated rings. The lowest BCUT2D eigenvalue weighted by molar-refractivity contribution is -0.129. The quantitative estimate of drug-likeness (QED) is 0.801. The number of aromatic nitrogens is 2. The monoisotopic (exact) mass is 335 g/mol. The number of hydrogen-bond donors (Lipinski definition) is 0. The fourth-order valence-corrected chi connectivity index (χ4v) is 3.75. The van der Waals surface area contributed by atoms with E-state index >= 15 is 0 Å². The molecule has 3 rings (SSSR count). The molecule has 2 aromatic rings. The fraction of sp³-hybridized carbons (Fsp3) is 0.375. The summed E-state index contributed by atoms with van der Waals surface area (Å²) in [5.74, 6) is 0.197. The number of likely N-dealkylation sites (tertiary alicyclic amines) is 1. The summed E-state index contributed by atoms with van der Waals surface area (Å²) in [5.41, 5.74) is 0.952. The van der Waals surface area contributed by atoms with Crippen molar-refractivity contribution in [3.8, 4) is 5.69 Å². The largest absolute Gasteiger partial charge is 0.342 e. The molecule has 1 atom stereocenters. The molecule has 0 spiro atoms. The number of carbonyl (C=O) groups is 1. The minimum atomic E-state index is -0.140. The van der Waals surface area contributed by atoms with Crippen LogP contribution in [0.2, 0.25) is 5.02 Å². The molecule has 1 aliphatic rings. The molecule has 116 valence electrons. The van der Waals surface area contributed by atoms with Crippen LogP contribution in [0.25, 0.3) is 5.69 Å². The van der Waals surface area contributed by atoms with Crippen molar-refractivity contribution in [3.05, 3.63) is 41.7 Å². The van der Waals surface area contributed by atoms with Crippen LogP contribution >= 0.6 is 23.4 Å². The summed E-state index contributed by atoms with van der Waals surface area (Å²) in [5, 5.41) is 1.35. The van der Waals surface area contributed by atoms with Crippen molar-refractivity contribution >= 4 is 29.3 Å². The van der Waals surface area contributed by atoms with E-state index in [9.17, 15) is 4.79 Å². The molecular formula is C16H18ClN3OS. The summed E-state index contributed by atoms with van der Waals surface area (Å²) >= 11 is 7.55. The first-order valence-electron chi connectivity index (χ1n) is 7.40. The highest BCUT2D eigenvalue weighted by atomic mass is 35.5. The van der Waals surface area contributed by atoms with E-state index in [0.717, 1.165) is 36.8 Å². The van der Waals surface area contributed by atoms with Gasteiger partial charge in [-0.1, -0.05) is 29.4 Å². The van der Waals surface area contributed by atoms with Crippen LogP contribution in [0, 0.1) is 0 Å². The van der Waals surface area contributed by atoms with E-state index in [2.05, 4.69) is 4.98 Å². The second-order valence-corrected chi connectivity index (χ2v) is 7.10. The number of rotatable bonds is 4. The van der Waals surface area contributed by atoms with Gasteiger partial charge < -0.3 is 4.90 Å². The number of nitrogens with zero attached hydrogens (tertiary/aromatic N) is 3. The SMILES string of the molecule is CC(Sc1nccn1-c1cccc(Cl)c1)C(=O)N1CCCC1. The van der Waals surface area contributed by atoms with Crippen LogP contribution < -0.4 is 0 Å². The van der Waals surface area contributed by atoms with Crippen LogP contribution in [-0.2, 0) is 4.79 Å². The van der Waals surface area contributed by atoms with Gasteiger partial charge in [0.05, 0.1) is 5.25 Å². The number of halogens is 1. The number of imidazole rings is 1. The molecule has 1 amide bonds. The Labute approximate surface area is 139 Å². The van der Waals surface area contributed by atoms with Crippen LogP contribution in [0.1, 0.15) is 19.8 Å². The maximum absolute atomic E-state index is 12.4. The van der Waals surface area contributed by atoms with Crippen LogP contribution in [0.5, 0.6) is 0 Å². The van der Waals surface area contributed by atoms with Crippen molar-refractivity contribution in [2.45, 2.75) is 30.2 Å². The Balaban J connectivity index is 1.76. The normalized spacial score (nSPS) is 16.0. The van der Waals surface area contributed by atoms with E-state index in [1.807, 2.05) is 46.9 Å². The molecule has 1 aromatic heterocycles. The average molecular weight is 336 g/mol. The van der Waals surface area contributed by atoms with Gasteiger partial charge in [0.2, 0.25) is 5.91 Å². The number of benzene rings is 1. The third kappa shape index (κ3) is 3.31. The highest BCUT2D eigenvalue weighted by molar-refractivity contribution is 8.00. The van der Waals surface area contributed by atoms with Crippen LogP contribution in [0.4, 0.5) is 0 Å². The molecule has 22 heavy (non-hydrogen) atoms. The Kier molecular flexibility index (Phi) is 4.74. The van der Waals surface area contributed by atoms with Gasteiger partial charge in [0, 0.05) is 36.2 Å². The third-order valence-electron chi connectivity index (χ3n) is 3.74. The number of hydrogen-bond acceptors (Lipinski definition) is 3. The third-order valence-corrected chi connectivity index (χ3v) is 5.04. The van der Waals surface area contributed by atoms with Crippen molar-refractivity contribution in [3.63, 3.8) is 0 Å². The molecule has 0 N–H and O–H groups in total. The van der Waals surface area contributed by atoms with E-state index in [4.69, 9.17) is 11.6 Å². The Hall–Kier alpha value is -1.46. The lowest BCUT2D eigenvalue weighted by Gasteiger charge is -2.20. The minimum Gasteiger partial charge on any atom is -0.342 e. The van der Waals surface area contributed by atoms with Crippen molar-refractivity contribution < 1.29 is 4.79 Å². The fourth-order valence-electron chi connectivity index (χ4n) is 2.60. The van der Waals surface area contributed by atoms with Gasteiger partial charge >= 0.3 is 0 Å². The van der Waals surface area contributed by atoms with Gasteiger partial charge in [-0.3, -0.25) is 9.36 Å². The molecule has 4 nitrogen and oxygen atoms in total. The summed E-state index contributed by atoms with van der Waals surface area (Å²) in [6.45, 7) is 3.71. The molecule has 1 aliphatic heterocycles. The van der Waals surface area contributed by atoms with Crippen molar-refractivity contribution in [1.82, 2.24) is 14.5 Å². The Morgan fingerprint density at radius 2 is 2.14 bits per heavy atom. The maximum Gasteiger partial charge on any atom is 0.235 e. The van der Waals surface area contributed by atoms with Gasteiger partial charge in [-0.25, -0.2) is 4.98 Å². The number of amides is 1. The zero-order valence-electron chi connectivity index (χ0n) is 12.4. The molecule has 0 saturated carbocycles. The van der Waals surface area contributed by atoms with Gasteiger partial charge in [0.25, 0.3) is 0 Å². The summed E-state index contributed by atoms with van der Waals surface area (Å²) in [7, 11) is 0. The van der Waals surface area contributed by atoms with Crippen molar-refractivity contribution in [1.29, 1.82) is 0 Å². The zero-order valence-corrected chi connectivity index (χ0v) is 14.0. The predicted molar refractivity (Wildman–Crippen MR) is 89.7 cm³/mol. The molecule has 1 unspecified atom stereocenters. The smallest absolute Gasteiger partial charge is 0.235 e. The first-order chi connectivity index (χ1) is 10.6. The van der Waals surface area contributed by atoms with E-state index in [0.29, 0.717) is 5.02 Å². The lowest BCUT2D eigenvalue weighted by Crippen LogP contribution is -2.34. The molecule has 2 heterocycles. The van der Waals surface area contributed by atoms with E-state index < -0.39 is 0 Å². The average Bonchev–Trinajstić information content (AvgIpc) is 3.18. The first kappa shape index (κ1) is 15.4. The molecule has 0 radical (unpaired) electrons. The Bertz CT molecular complexity index is 667. The van der Waals surface area contributed by atoms with E-state index in [1.54, 1.807) is 6.20 Å². The summed E-state index contributed by atoms with van der Waals surface area (Å²) in [6, 6.07) is 7.62. The topological polar surface area (TPSA) is 38.1 Å². The van der Waals surface area contributed by atoms with E-state index in [-0.39, 0.29) is 11.2 Å². The maximum atomic E-state index is 12.4. The second-order valence-electron chi connectivity index (χ2n) is 5.35. The summed E-state index contributed by atoms with van der Waals surface area (Å²) in [4.78, 5) is 18.8.